The van der Waals surface area contributed by atoms with Gasteiger partial charge in [-0.05, 0) is 6.42 Å². The fraction of sp³-hybridized carbons (Fsp3) is 0.667. The zero-order chi connectivity index (χ0) is 11.9. The molecule has 0 atom stereocenters. The van der Waals surface area contributed by atoms with Crippen molar-refractivity contribution in [1.82, 2.24) is 9.03 Å². The van der Waals surface area contributed by atoms with Crippen molar-refractivity contribution in [2.24, 2.45) is 0 Å². The summed E-state index contributed by atoms with van der Waals surface area (Å²) in [5.74, 6) is -0.498. The van der Waals surface area contributed by atoms with Crippen molar-refractivity contribution in [3.05, 3.63) is 12.7 Å². The van der Waals surface area contributed by atoms with Crippen LogP contribution in [-0.2, 0) is 15.0 Å². The molecule has 6 heteroatoms. The monoisotopic (exact) mass is 234 g/mol. The van der Waals surface area contributed by atoms with Gasteiger partial charge >= 0.3 is 10.2 Å². The van der Waals surface area contributed by atoms with Crippen LogP contribution in [0.5, 0.6) is 0 Å². The first kappa shape index (κ1) is 14.1. The molecule has 0 bridgehead atoms. The van der Waals surface area contributed by atoms with Gasteiger partial charge in [0.2, 0.25) is 5.91 Å². The Bertz CT molecular complexity index is 307. The lowest BCUT2D eigenvalue weighted by molar-refractivity contribution is -0.119. The Labute approximate surface area is 91.3 Å². The molecular weight excluding hydrogens is 216 g/mol. The van der Waals surface area contributed by atoms with Gasteiger partial charge in [-0.25, -0.2) is 4.72 Å². The summed E-state index contributed by atoms with van der Waals surface area (Å²) in [5, 5.41) is 0. The molecule has 15 heavy (non-hydrogen) atoms. The maximum atomic E-state index is 11.5. The predicted octanol–water partition coefficient (Wildman–Crippen LogP) is 0.655. The number of hydrogen-bond donors (Lipinski definition) is 1. The van der Waals surface area contributed by atoms with Crippen LogP contribution in [0.1, 0.15) is 26.7 Å². The molecule has 0 fully saturated rings. The van der Waals surface area contributed by atoms with E-state index < -0.39 is 16.1 Å². The van der Waals surface area contributed by atoms with Crippen LogP contribution >= 0.6 is 0 Å². The molecule has 88 valence electrons. The number of allylic oxidation sites excluding steroid dienone is 1. The molecule has 0 rings (SSSR count). The van der Waals surface area contributed by atoms with Crippen molar-refractivity contribution in [2.75, 3.05) is 13.1 Å². The summed E-state index contributed by atoms with van der Waals surface area (Å²) in [4.78, 5) is 11.2. The summed E-state index contributed by atoms with van der Waals surface area (Å²) >= 11 is 0. The molecule has 0 spiro atoms. The first-order valence-electron chi connectivity index (χ1n) is 4.89. The molecule has 0 saturated heterocycles. The number of nitrogens with one attached hydrogen (secondary N) is 1. The highest BCUT2D eigenvalue weighted by Crippen LogP contribution is 1.98. The van der Waals surface area contributed by atoms with Crippen LogP contribution in [0.15, 0.2) is 12.7 Å². The van der Waals surface area contributed by atoms with Gasteiger partial charge in [-0.2, -0.15) is 12.7 Å². The summed E-state index contributed by atoms with van der Waals surface area (Å²) < 4.78 is 26.3. The van der Waals surface area contributed by atoms with Crippen molar-refractivity contribution in [1.29, 1.82) is 0 Å². The van der Waals surface area contributed by atoms with Gasteiger partial charge in [-0.15, -0.1) is 6.58 Å². The Morgan fingerprint density at radius 2 is 1.93 bits per heavy atom. The van der Waals surface area contributed by atoms with E-state index in [0.717, 1.165) is 0 Å². The number of nitrogens with zero attached hydrogens (tertiary/aromatic N) is 1. The molecule has 0 aromatic rings. The second kappa shape index (κ2) is 6.58. The SMILES string of the molecule is C=CCCC(=O)NS(=O)(=O)N(CC)CC. The molecule has 1 N–H and O–H groups in total. The summed E-state index contributed by atoms with van der Waals surface area (Å²) in [5.41, 5.74) is 0. The van der Waals surface area contributed by atoms with Gasteiger partial charge in [0.05, 0.1) is 0 Å². The smallest absolute Gasteiger partial charge is 0.274 e. The number of carbonyl (C=O) groups excluding carboxylic acids is 1. The van der Waals surface area contributed by atoms with Crippen LogP contribution in [0.25, 0.3) is 0 Å². The Morgan fingerprint density at radius 1 is 1.40 bits per heavy atom. The van der Waals surface area contributed by atoms with Crippen LogP contribution < -0.4 is 4.72 Å². The Kier molecular flexibility index (Phi) is 6.19. The van der Waals surface area contributed by atoms with Gasteiger partial charge in [0.1, 0.15) is 0 Å². The number of carbonyl (C=O) groups is 1. The molecular formula is C9H18N2O3S. The Hall–Kier alpha value is -0.880. The lowest BCUT2D eigenvalue weighted by atomic mass is 10.3. The summed E-state index contributed by atoms with van der Waals surface area (Å²) in [7, 11) is -3.65. The zero-order valence-electron chi connectivity index (χ0n) is 9.19. The van der Waals surface area contributed by atoms with E-state index in [1.807, 2.05) is 4.72 Å². The van der Waals surface area contributed by atoms with Gasteiger partial charge in [0.15, 0.2) is 0 Å². The van der Waals surface area contributed by atoms with Crippen molar-refractivity contribution in [3.63, 3.8) is 0 Å². The van der Waals surface area contributed by atoms with Gasteiger partial charge in [0.25, 0.3) is 0 Å². The minimum absolute atomic E-state index is 0.143. The third-order valence-electron chi connectivity index (χ3n) is 1.86. The van der Waals surface area contributed by atoms with E-state index in [4.69, 9.17) is 0 Å². The minimum atomic E-state index is -3.65. The standard InChI is InChI=1S/C9H18N2O3S/c1-4-7-8-9(12)10-15(13,14)11(5-2)6-3/h4H,1,5-8H2,2-3H3,(H,10,12). The number of hydrogen-bond acceptors (Lipinski definition) is 3. The normalized spacial score (nSPS) is 11.4. The highest BCUT2D eigenvalue weighted by molar-refractivity contribution is 7.87. The molecule has 0 saturated carbocycles. The van der Waals surface area contributed by atoms with Crippen molar-refractivity contribution < 1.29 is 13.2 Å². The molecule has 0 aliphatic rings. The fourth-order valence-electron chi connectivity index (χ4n) is 1.06. The third-order valence-corrected chi connectivity index (χ3v) is 3.55. The van der Waals surface area contributed by atoms with Crippen LogP contribution in [0, 0.1) is 0 Å². The average Bonchev–Trinajstić information content (AvgIpc) is 2.15. The zero-order valence-corrected chi connectivity index (χ0v) is 10.0. The molecule has 0 aliphatic heterocycles. The van der Waals surface area contributed by atoms with Crippen LogP contribution in [0.3, 0.4) is 0 Å². The van der Waals surface area contributed by atoms with E-state index in [2.05, 4.69) is 6.58 Å². The second-order valence-electron chi connectivity index (χ2n) is 2.94. The van der Waals surface area contributed by atoms with Gasteiger partial charge in [-0.3, -0.25) is 4.79 Å². The summed E-state index contributed by atoms with van der Waals surface area (Å²) in [6, 6.07) is 0. The largest absolute Gasteiger partial charge is 0.303 e. The average molecular weight is 234 g/mol. The van der Waals surface area contributed by atoms with Crippen molar-refractivity contribution in [3.8, 4) is 0 Å². The van der Waals surface area contributed by atoms with Crippen LogP contribution in [0.4, 0.5) is 0 Å². The first-order valence-corrected chi connectivity index (χ1v) is 6.33. The van der Waals surface area contributed by atoms with Crippen molar-refractivity contribution in [2.45, 2.75) is 26.7 Å². The maximum absolute atomic E-state index is 11.5. The van der Waals surface area contributed by atoms with Crippen LogP contribution in [-0.4, -0.2) is 31.7 Å². The van der Waals surface area contributed by atoms with Gasteiger partial charge < -0.3 is 0 Å². The predicted molar refractivity (Wildman–Crippen MR) is 59.4 cm³/mol. The second-order valence-corrected chi connectivity index (χ2v) is 4.61. The summed E-state index contributed by atoms with van der Waals surface area (Å²) in [6.45, 7) is 7.59. The molecule has 0 aromatic carbocycles. The van der Waals surface area contributed by atoms with Gasteiger partial charge in [-0.1, -0.05) is 19.9 Å². The molecule has 5 nitrogen and oxygen atoms in total. The molecule has 0 aliphatic carbocycles. The minimum Gasteiger partial charge on any atom is -0.274 e. The topological polar surface area (TPSA) is 66.5 Å². The lowest BCUT2D eigenvalue weighted by Crippen LogP contribution is -2.43. The van der Waals surface area contributed by atoms with Crippen molar-refractivity contribution >= 4 is 16.1 Å². The molecule has 0 radical (unpaired) electrons. The first-order chi connectivity index (χ1) is 6.97. The van der Waals surface area contributed by atoms with Crippen LogP contribution in [0.2, 0.25) is 0 Å². The molecule has 0 heterocycles. The fourth-order valence-corrected chi connectivity index (χ4v) is 2.25. The Balaban J connectivity index is 4.36. The molecule has 0 aromatic heterocycles. The van der Waals surface area contributed by atoms with E-state index >= 15 is 0 Å². The highest BCUT2D eigenvalue weighted by Gasteiger charge is 2.20. The Morgan fingerprint density at radius 3 is 2.33 bits per heavy atom. The van der Waals surface area contributed by atoms with Gasteiger partial charge in [0, 0.05) is 19.5 Å². The third kappa shape index (κ3) is 4.94. The van der Waals surface area contributed by atoms with E-state index in [0.29, 0.717) is 19.5 Å². The number of rotatable bonds is 7. The van der Waals surface area contributed by atoms with E-state index in [-0.39, 0.29) is 6.42 Å². The highest BCUT2D eigenvalue weighted by atomic mass is 32.2. The summed E-state index contributed by atoms with van der Waals surface area (Å²) in [6.07, 6.45) is 2.19. The van der Waals surface area contributed by atoms with E-state index in [9.17, 15) is 13.2 Å². The molecule has 1 amide bonds. The lowest BCUT2D eigenvalue weighted by Gasteiger charge is -2.18. The maximum Gasteiger partial charge on any atom is 0.303 e. The quantitative estimate of drug-likeness (QED) is 0.658. The van der Waals surface area contributed by atoms with E-state index in [1.54, 1.807) is 19.9 Å². The number of amides is 1. The molecule has 0 unspecified atom stereocenters. The van der Waals surface area contributed by atoms with E-state index in [1.165, 1.54) is 4.31 Å².